The highest BCUT2D eigenvalue weighted by Gasteiger charge is 2.66. The van der Waals surface area contributed by atoms with Gasteiger partial charge in [0.25, 0.3) is 0 Å². The highest BCUT2D eigenvalue weighted by Crippen LogP contribution is 2.73. The summed E-state index contributed by atoms with van der Waals surface area (Å²) >= 11 is 1.81. The molecule has 0 saturated heterocycles. The minimum Gasteiger partial charge on any atom is -0.330 e. The fourth-order valence-corrected chi connectivity index (χ4v) is 5.36. The Bertz CT molecular complexity index is 400. The molecule has 2 N–H and O–H groups in total. The van der Waals surface area contributed by atoms with Gasteiger partial charge in [-0.2, -0.15) is 0 Å². The van der Waals surface area contributed by atoms with E-state index in [1.54, 1.807) is 0 Å². The third kappa shape index (κ3) is 1.17. The van der Waals surface area contributed by atoms with Crippen LogP contribution in [-0.4, -0.2) is 16.7 Å². The van der Waals surface area contributed by atoms with Crippen LogP contribution in [0.15, 0.2) is 0 Å². The normalized spacial score (nSPS) is 43.7. The van der Waals surface area contributed by atoms with E-state index < -0.39 is 0 Å². The van der Waals surface area contributed by atoms with Crippen molar-refractivity contribution in [3.8, 4) is 0 Å². The molecule has 3 aliphatic rings. The van der Waals surface area contributed by atoms with E-state index in [2.05, 4.69) is 10.2 Å². The molecule has 4 heteroatoms. The summed E-state index contributed by atoms with van der Waals surface area (Å²) in [5.41, 5.74) is 5.55. The first-order valence-corrected chi connectivity index (χ1v) is 7.22. The van der Waals surface area contributed by atoms with Crippen LogP contribution in [0.4, 0.5) is 0 Å². The molecule has 0 radical (unpaired) electrons. The smallest absolute Gasteiger partial charge is 0.121 e. The molecule has 0 amide bonds. The van der Waals surface area contributed by atoms with Crippen molar-refractivity contribution in [1.82, 2.24) is 10.2 Å². The molecule has 1 aromatic rings. The molecule has 0 spiro atoms. The second kappa shape index (κ2) is 3.26. The van der Waals surface area contributed by atoms with Gasteiger partial charge in [-0.3, -0.25) is 0 Å². The van der Waals surface area contributed by atoms with Crippen LogP contribution in [0, 0.1) is 23.7 Å². The van der Waals surface area contributed by atoms with Crippen molar-refractivity contribution in [1.29, 1.82) is 0 Å². The van der Waals surface area contributed by atoms with E-state index in [-0.39, 0.29) is 0 Å². The molecule has 3 saturated carbocycles. The van der Waals surface area contributed by atoms with Crippen LogP contribution >= 0.6 is 11.3 Å². The summed E-state index contributed by atoms with van der Waals surface area (Å²) in [6.07, 6.45) is 5.38. The number of hydrogen-bond acceptors (Lipinski definition) is 4. The molecular formula is C12H17N3S. The van der Waals surface area contributed by atoms with Crippen molar-refractivity contribution in [2.24, 2.45) is 29.4 Å². The quantitative estimate of drug-likeness (QED) is 0.869. The zero-order valence-corrected chi connectivity index (χ0v) is 10.1. The molecule has 86 valence electrons. The van der Waals surface area contributed by atoms with Gasteiger partial charge in [0.1, 0.15) is 10.0 Å². The lowest BCUT2D eigenvalue weighted by Crippen LogP contribution is -2.01. The number of nitrogens with zero attached hydrogens (tertiary/aromatic N) is 2. The average molecular weight is 235 g/mol. The monoisotopic (exact) mass is 235 g/mol. The summed E-state index contributed by atoms with van der Waals surface area (Å²) in [5, 5.41) is 11.1. The molecule has 1 heterocycles. The SMILES string of the molecule is NCCc1nnc(C2C3C4CCC(C4)C23)s1. The fourth-order valence-electron chi connectivity index (χ4n) is 4.28. The van der Waals surface area contributed by atoms with Gasteiger partial charge in [-0.05, 0) is 49.5 Å². The Morgan fingerprint density at radius 1 is 1.19 bits per heavy atom. The van der Waals surface area contributed by atoms with E-state index in [9.17, 15) is 0 Å². The molecule has 1 aromatic heterocycles. The van der Waals surface area contributed by atoms with Gasteiger partial charge >= 0.3 is 0 Å². The van der Waals surface area contributed by atoms with Crippen molar-refractivity contribution in [3.05, 3.63) is 10.0 Å². The van der Waals surface area contributed by atoms with E-state index in [4.69, 9.17) is 5.73 Å². The van der Waals surface area contributed by atoms with Gasteiger partial charge in [-0.25, -0.2) is 0 Å². The van der Waals surface area contributed by atoms with E-state index in [1.165, 1.54) is 24.3 Å². The van der Waals surface area contributed by atoms with Gasteiger partial charge < -0.3 is 5.73 Å². The predicted molar refractivity (Wildman–Crippen MR) is 63.2 cm³/mol. The Morgan fingerprint density at radius 3 is 2.62 bits per heavy atom. The van der Waals surface area contributed by atoms with E-state index in [0.717, 1.165) is 41.0 Å². The minimum absolute atomic E-state index is 0.692. The summed E-state index contributed by atoms with van der Waals surface area (Å²) in [6, 6.07) is 0. The van der Waals surface area contributed by atoms with Gasteiger partial charge in [-0.1, -0.05) is 0 Å². The first kappa shape index (κ1) is 9.54. The number of fused-ring (bicyclic) bond motifs is 5. The van der Waals surface area contributed by atoms with Gasteiger partial charge in [0.15, 0.2) is 0 Å². The second-order valence-electron chi connectivity index (χ2n) is 5.59. The third-order valence-corrected chi connectivity index (χ3v) is 5.95. The summed E-state index contributed by atoms with van der Waals surface area (Å²) in [5.74, 6) is 4.81. The molecule has 0 aliphatic heterocycles. The van der Waals surface area contributed by atoms with Crippen LogP contribution in [0.3, 0.4) is 0 Å². The topological polar surface area (TPSA) is 51.8 Å². The lowest BCUT2D eigenvalue weighted by Gasteiger charge is -2.04. The Morgan fingerprint density at radius 2 is 1.94 bits per heavy atom. The van der Waals surface area contributed by atoms with E-state index in [0.29, 0.717) is 6.54 Å². The van der Waals surface area contributed by atoms with Crippen molar-refractivity contribution >= 4 is 11.3 Å². The largest absolute Gasteiger partial charge is 0.330 e. The molecule has 2 bridgehead atoms. The first-order valence-electron chi connectivity index (χ1n) is 6.41. The Kier molecular flexibility index (Phi) is 1.95. The highest BCUT2D eigenvalue weighted by molar-refractivity contribution is 7.11. The van der Waals surface area contributed by atoms with Crippen molar-refractivity contribution < 1.29 is 0 Å². The standard InChI is InChI=1S/C12H17N3S/c13-4-3-8-14-15-12(16-8)11-9-6-1-2-7(5-6)10(9)11/h6-7,9-11H,1-5,13H2. The van der Waals surface area contributed by atoms with E-state index in [1.807, 2.05) is 11.3 Å². The Balaban J connectivity index is 1.55. The first-order chi connectivity index (χ1) is 7.88. The van der Waals surface area contributed by atoms with Crippen LogP contribution in [0.25, 0.3) is 0 Å². The van der Waals surface area contributed by atoms with Crippen LogP contribution in [0.2, 0.25) is 0 Å². The molecule has 0 aromatic carbocycles. The van der Waals surface area contributed by atoms with Gasteiger partial charge in [0, 0.05) is 12.3 Å². The summed E-state index contributed by atoms with van der Waals surface area (Å²) in [6.45, 7) is 0.692. The maximum absolute atomic E-state index is 5.55. The maximum atomic E-state index is 5.55. The fraction of sp³-hybridized carbons (Fsp3) is 0.833. The average Bonchev–Trinajstić information content (AvgIpc) is 2.73. The van der Waals surface area contributed by atoms with Gasteiger partial charge in [0.05, 0.1) is 0 Å². The van der Waals surface area contributed by atoms with Crippen molar-refractivity contribution in [3.63, 3.8) is 0 Å². The van der Waals surface area contributed by atoms with Gasteiger partial charge in [-0.15, -0.1) is 21.5 Å². The van der Waals surface area contributed by atoms with Crippen LogP contribution in [-0.2, 0) is 6.42 Å². The molecule has 3 aliphatic carbocycles. The lowest BCUT2D eigenvalue weighted by molar-refractivity contribution is 0.456. The number of nitrogens with two attached hydrogens (primary N) is 1. The highest BCUT2D eigenvalue weighted by atomic mass is 32.1. The Labute approximate surface area is 99.5 Å². The molecule has 3 fully saturated rings. The molecule has 3 nitrogen and oxygen atoms in total. The van der Waals surface area contributed by atoms with E-state index >= 15 is 0 Å². The molecule has 4 atom stereocenters. The van der Waals surface area contributed by atoms with Crippen molar-refractivity contribution in [2.75, 3.05) is 6.54 Å². The van der Waals surface area contributed by atoms with Crippen LogP contribution in [0.5, 0.6) is 0 Å². The molecule has 16 heavy (non-hydrogen) atoms. The number of aromatic nitrogens is 2. The minimum atomic E-state index is 0.692. The van der Waals surface area contributed by atoms with Gasteiger partial charge in [0.2, 0.25) is 0 Å². The number of rotatable bonds is 3. The van der Waals surface area contributed by atoms with Crippen LogP contribution < -0.4 is 5.73 Å². The summed E-state index contributed by atoms with van der Waals surface area (Å²) in [7, 11) is 0. The molecule has 4 unspecified atom stereocenters. The molecular weight excluding hydrogens is 218 g/mol. The number of hydrogen-bond donors (Lipinski definition) is 1. The van der Waals surface area contributed by atoms with Crippen molar-refractivity contribution in [2.45, 2.75) is 31.6 Å². The third-order valence-electron chi connectivity index (χ3n) is 4.86. The molecule has 4 rings (SSSR count). The lowest BCUT2D eigenvalue weighted by atomic mass is 10.0. The Hall–Kier alpha value is -0.480. The summed E-state index contributed by atoms with van der Waals surface area (Å²) < 4.78 is 0. The zero-order chi connectivity index (χ0) is 10.7. The van der Waals surface area contributed by atoms with Crippen LogP contribution in [0.1, 0.15) is 35.2 Å². The zero-order valence-electron chi connectivity index (χ0n) is 9.30. The second-order valence-corrected chi connectivity index (χ2v) is 6.68. The summed E-state index contributed by atoms with van der Waals surface area (Å²) in [4.78, 5) is 0. The maximum Gasteiger partial charge on any atom is 0.121 e. The predicted octanol–water partition coefficient (Wildman–Crippen LogP) is 1.80.